The predicted octanol–water partition coefficient (Wildman–Crippen LogP) is 2.79. The number of carbonyl (C=O) groups is 1. The monoisotopic (exact) mass is 291 g/mol. The minimum Gasteiger partial charge on any atom is -0.374 e. The highest BCUT2D eigenvalue weighted by Crippen LogP contribution is 2.27. The third-order valence-corrected chi connectivity index (χ3v) is 4.53. The first kappa shape index (κ1) is 14.5. The molecule has 0 spiro atoms. The summed E-state index contributed by atoms with van der Waals surface area (Å²) in [6, 6.07) is 6.52. The first-order chi connectivity index (χ1) is 10.2. The average Bonchev–Trinajstić information content (AvgIpc) is 3.03. The number of amides is 1. The number of halogens is 1. The van der Waals surface area contributed by atoms with Crippen LogP contribution in [0.4, 0.5) is 4.39 Å². The van der Waals surface area contributed by atoms with Gasteiger partial charge in [-0.15, -0.1) is 0 Å². The molecule has 3 nitrogen and oxygen atoms in total. The minimum atomic E-state index is -0.221. The number of ether oxygens (including phenoxy) is 1. The van der Waals surface area contributed by atoms with Crippen LogP contribution in [0.3, 0.4) is 0 Å². The summed E-state index contributed by atoms with van der Waals surface area (Å²) in [5.74, 6) is 0.316. The summed E-state index contributed by atoms with van der Waals surface area (Å²) in [4.78, 5) is 14.4. The molecule has 1 saturated heterocycles. The van der Waals surface area contributed by atoms with E-state index in [0.717, 1.165) is 24.8 Å². The van der Waals surface area contributed by atoms with Crippen molar-refractivity contribution in [1.82, 2.24) is 4.90 Å². The van der Waals surface area contributed by atoms with Crippen LogP contribution >= 0.6 is 0 Å². The van der Waals surface area contributed by atoms with Gasteiger partial charge < -0.3 is 9.64 Å². The fourth-order valence-corrected chi connectivity index (χ4v) is 3.36. The normalized spacial score (nSPS) is 23.5. The Morgan fingerprint density at radius 1 is 1.24 bits per heavy atom. The molecule has 1 heterocycles. The predicted molar refractivity (Wildman–Crippen MR) is 78.4 cm³/mol. The first-order valence-corrected chi connectivity index (χ1v) is 7.87. The molecule has 1 amide bonds. The van der Waals surface area contributed by atoms with Crippen LogP contribution in [-0.2, 0) is 16.0 Å². The SMILES string of the molecule is O=C(C1CCCC1)N1CCO[C@@H](Cc2ccc(F)cc2)C1. The molecule has 2 aliphatic rings. The molecule has 1 aliphatic carbocycles. The van der Waals surface area contributed by atoms with Gasteiger partial charge in [0.15, 0.2) is 0 Å². The molecule has 0 unspecified atom stereocenters. The maximum Gasteiger partial charge on any atom is 0.225 e. The lowest BCUT2D eigenvalue weighted by Gasteiger charge is -2.34. The van der Waals surface area contributed by atoms with Gasteiger partial charge in [-0.3, -0.25) is 4.79 Å². The highest BCUT2D eigenvalue weighted by molar-refractivity contribution is 5.79. The van der Waals surface area contributed by atoms with Gasteiger partial charge in [-0.05, 0) is 30.5 Å². The van der Waals surface area contributed by atoms with E-state index in [9.17, 15) is 9.18 Å². The van der Waals surface area contributed by atoms with Gasteiger partial charge in [0.2, 0.25) is 5.91 Å². The third kappa shape index (κ3) is 3.62. The molecule has 0 N–H and O–H groups in total. The number of hydrogen-bond donors (Lipinski definition) is 0. The summed E-state index contributed by atoms with van der Waals surface area (Å²) in [5, 5.41) is 0. The highest BCUT2D eigenvalue weighted by Gasteiger charge is 2.30. The van der Waals surface area contributed by atoms with Gasteiger partial charge in [0.05, 0.1) is 12.7 Å². The molecule has 21 heavy (non-hydrogen) atoms. The van der Waals surface area contributed by atoms with Crippen LogP contribution in [0.15, 0.2) is 24.3 Å². The summed E-state index contributed by atoms with van der Waals surface area (Å²) >= 11 is 0. The zero-order valence-corrected chi connectivity index (χ0v) is 12.3. The lowest BCUT2D eigenvalue weighted by Crippen LogP contribution is -2.48. The largest absolute Gasteiger partial charge is 0.374 e. The molecular formula is C17H22FNO2. The maximum atomic E-state index is 12.9. The van der Waals surface area contributed by atoms with Crippen molar-refractivity contribution in [3.63, 3.8) is 0 Å². The van der Waals surface area contributed by atoms with Crippen LogP contribution in [0.1, 0.15) is 31.2 Å². The Hall–Kier alpha value is -1.42. The number of morpholine rings is 1. The standard InChI is InChI=1S/C17H22FNO2/c18-15-7-5-13(6-8-15)11-16-12-19(9-10-21-16)17(20)14-3-1-2-4-14/h5-8,14,16H,1-4,9-12H2/t16-/m0/s1. The van der Waals surface area contributed by atoms with Gasteiger partial charge in [-0.2, -0.15) is 0 Å². The summed E-state index contributed by atoms with van der Waals surface area (Å²) in [6.07, 6.45) is 5.20. The molecule has 4 heteroatoms. The van der Waals surface area contributed by atoms with Gasteiger partial charge >= 0.3 is 0 Å². The van der Waals surface area contributed by atoms with Gasteiger partial charge in [0.1, 0.15) is 5.82 Å². The quantitative estimate of drug-likeness (QED) is 0.857. The maximum absolute atomic E-state index is 12.9. The summed E-state index contributed by atoms with van der Waals surface area (Å²) in [5.41, 5.74) is 1.05. The average molecular weight is 291 g/mol. The second kappa shape index (κ2) is 6.56. The fourth-order valence-electron chi connectivity index (χ4n) is 3.36. The Bertz CT molecular complexity index is 482. The Morgan fingerprint density at radius 3 is 2.67 bits per heavy atom. The Kier molecular flexibility index (Phi) is 4.54. The van der Waals surface area contributed by atoms with Crippen LogP contribution < -0.4 is 0 Å². The van der Waals surface area contributed by atoms with E-state index in [0.29, 0.717) is 25.6 Å². The van der Waals surface area contributed by atoms with E-state index in [1.165, 1.54) is 25.0 Å². The van der Waals surface area contributed by atoms with E-state index in [1.54, 1.807) is 12.1 Å². The molecule has 1 saturated carbocycles. The molecule has 114 valence electrons. The minimum absolute atomic E-state index is 0.0227. The molecule has 1 atom stereocenters. The van der Waals surface area contributed by atoms with E-state index in [-0.39, 0.29) is 17.8 Å². The fraction of sp³-hybridized carbons (Fsp3) is 0.588. The third-order valence-electron chi connectivity index (χ3n) is 4.53. The molecule has 1 aromatic carbocycles. The van der Waals surface area contributed by atoms with Crippen molar-refractivity contribution >= 4 is 5.91 Å². The number of nitrogens with zero attached hydrogens (tertiary/aromatic N) is 1. The molecule has 2 fully saturated rings. The molecule has 3 rings (SSSR count). The lowest BCUT2D eigenvalue weighted by molar-refractivity contribution is -0.142. The highest BCUT2D eigenvalue weighted by atomic mass is 19.1. The van der Waals surface area contributed by atoms with Crippen molar-refractivity contribution in [3.05, 3.63) is 35.6 Å². The van der Waals surface area contributed by atoms with Gasteiger partial charge in [-0.1, -0.05) is 25.0 Å². The summed E-state index contributed by atoms with van der Waals surface area (Å²) < 4.78 is 18.7. The number of hydrogen-bond acceptors (Lipinski definition) is 2. The zero-order valence-electron chi connectivity index (χ0n) is 12.3. The molecule has 0 radical (unpaired) electrons. The molecular weight excluding hydrogens is 269 g/mol. The first-order valence-electron chi connectivity index (χ1n) is 7.87. The van der Waals surface area contributed by atoms with Crippen LogP contribution in [0.2, 0.25) is 0 Å². The molecule has 0 aromatic heterocycles. The smallest absolute Gasteiger partial charge is 0.225 e. The molecule has 1 aromatic rings. The second-order valence-corrected chi connectivity index (χ2v) is 6.09. The number of rotatable bonds is 3. The summed E-state index contributed by atoms with van der Waals surface area (Å²) in [6.45, 7) is 1.96. The van der Waals surface area contributed by atoms with Crippen LogP contribution in [-0.4, -0.2) is 36.6 Å². The number of benzene rings is 1. The van der Waals surface area contributed by atoms with Crippen LogP contribution in [0.25, 0.3) is 0 Å². The van der Waals surface area contributed by atoms with Crippen molar-refractivity contribution in [2.75, 3.05) is 19.7 Å². The van der Waals surface area contributed by atoms with E-state index >= 15 is 0 Å². The second-order valence-electron chi connectivity index (χ2n) is 6.09. The van der Waals surface area contributed by atoms with Crippen molar-refractivity contribution in [2.24, 2.45) is 5.92 Å². The zero-order chi connectivity index (χ0) is 14.7. The van der Waals surface area contributed by atoms with E-state index in [1.807, 2.05) is 4.90 Å². The Labute approximate surface area is 125 Å². The van der Waals surface area contributed by atoms with E-state index in [2.05, 4.69) is 0 Å². The van der Waals surface area contributed by atoms with Crippen LogP contribution in [0.5, 0.6) is 0 Å². The van der Waals surface area contributed by atoms with Gasteiger partial charge in [-0.25, -0.2) is 4.39 Å². The van der Waals surface area contributed by atoms with E-state index in [4.69, 9.17) is 4.74 Å². The van der Waals surface area contributed by atoms with Gasteiger partial charge in [0.25, 0.3) is 0 Å². The Balaban J connectivity index is 1.57. The van der Waals surface area contributed by atoms with Crippen molar-refractivity contribution < 1.29 is 13.9 Å². The van der Waals surface area contributed by atoms with Crippen molar-refractivity contribution in [1.29, 1.82) is 0 Å². The molecule has 0 bridgehead atoms. The Morgan fingerprint density at radius 2 is 1.95 bits per heavy atom. The van der Waals surface area contributed by atoms with Crippen molar-refractivity contribution in [2.45, 2.75) is 38.2 Å². The topological polar surface area (TPSA) is 29.5 Å². The molecule has 1 aliphatic heterocycles. The van der Waals surface area contributed by atoms with E-state index < -0.39 is 0 Å². The lowest BCUT2D eigenvalue weighted by atomic mass is 10.0. The van der Waals surface area contributed by atoms with Crippen LogP contribution in [0, 0.1) is 11.7 Å². The van der Waals surface area contributed by atoms with Gasteiger partial charge in [0, 0.05) is 25.4 Å². The van der Waals surface area contributed by atoms with Crippen molar-refractivity contribution in [3.8, 4) is 0 Å². The number of carbonyl (C=O) groups excluding carboxylic acids is 1. The summed E-state index contributed by atoms with van der Waals surface area (Å²) in [7, 11) is 0.